The third-order valence-corrected chi connectivity index (χ3v) is 5.87. The molecule has 2 fully saturated rings. The molecule has 0 saturated carbocycles. The standard InChI is InChI=1S/C13H15N3O2S/c14-5-10-3-1-2-4-13(10)19(17,18)16-8-11-6-15-7-12(11)9-16/h1-4,11-12,15H,6-9H2. The maximum Gasteiger partial charge on any atom is 0.244 e. The summed E-state index contributed by atoms with van der Waals surface area (Å²) in [4.78, 5) is 0.130. The van der Waals surface area contributed by atoms with E-state index in [0.717, 1.165) is 13.1 Å². The van der Waals surface area contributed by atoms with Gasteiger partial charge in [0.15, 0.2) is 0 Å². The van der Waals surface area contributed by atoms with E-state index in [4.69, 9.17) is 5.26 Å². The van der Waals surface area contributed by atoms with Crippen LogP contribution in [-0.4, -0.2) is 38.9 Å². The molecule has 0 aromatic heterocycles. The van der Waals surface area contributed by atoms with Crippen molar-refractivity contribution in [2.45, 2.75) is 4.90 Å². The number of sulfonamides is 1. The molecule has 1 N–H and O–H groups in total. The monoisotopic (exact) mass is 277 g/mol. The second kappa shape index (κ2) is 4.60. The van der Waals surface area contributed by atoms with E-state index in [0.29, 0.717) is 24.9 Å². The lowest BCUT2D eigenvalue weighted by Gasteiger charge is -2.18. The van der Waals surface area contributed by atoms with Crippen LogP contribution in [0.2, 0.25) is 0 Å². The van der Waals surface area contributed by atoms with Gasteiger partial charge in [-0.15, -0.1) is 0 Å². The van der Waals surface area contributed by atoms with Gasteiger partial charge in [0.25, 0.3) is 0 Å². The molecule has 1 aromatic carbocycles. The van der Waals surface area contributed by atoms with Crippen molar-refractivity contribution < 1.29 is 8.42 Å². The maximum atomic E-state index is 12.6. The first kappa shape index (κ1) is 12.6. The van der Waals surface area contributed by atoms with Crippen molar-refractivity contribution >= 4 is 10.0 Å². The summed E-state index contributed by atoms with van der Waals surface area (Å²) in [5.41, 5.74) is 0.220. The van der Waals surface area contributed by atoms with Crippen LogP contribution >= 0.6 is 0 Å². The summed E-state index contributed by atoms with van der Waals surface area (Å²) >= 11 is 0. The fourth-order valence-electron chi connectivity index (χ4n) is 2.93. The van der Waals surface area contributed by atoms with Crippen LogP contribution in [-0.2, 0) is 10.0 Å². The molecule has 0 bridgehead atoms. The van der Waals surface area contributed by atoms with Crippen molar-refractivity contribution in [3.63, 3.8) is 0 Å². The highest BCUT2D eigenvalue weighted by atomic mass is 32.2. The van der Waals surface area contributed by atoms with Gasteiger partial charge >= 0.3 is 0 Å². The second-order valence-electron chi connectivity index (χ2n) is 5.11. The molecule has 2 aliphatic rings. The normalized spacial score (nSPS) is 27.1. The largest absolute Gasteiger partial charge is 0.316 e. The predicted molar refractivity (Wildman–Crippen MR) is 69.8 cm³/mol. The van der Waals surface area contributed by atoms with E-state index >= 15 is 0 Å². The zero-order valence-corrected chi connectivity index (χ0v) is 11.2. The van der Waals surface area contributed by atoms with Crippen molar-refractivity contribution in [1.82, 2.24) is 9.62 Å². The Kier molecular flexibility index (Phi) is 3.05. The van der Waals surface area contributed by atoms with E-state index in [1.165, 1.54) is 10.4 Å². The number of nitrogens with zero attached hydrogens (tertiary/aromatic N) is 2. The molecule has 2 aliphatic heterocycles. The average Bonchev–Trinajstić information content (AvgIpc) is 2.99. The number of fused-ring (bicyclic) bond motifs is 1. The van der Waals surface area contributed by atoms with Gasteiger partial charge in [-0.3, -0.25) is 0 Å². The average molecular weight is 277 g/mol. The summed E-state index contributed by atoms with van der Waals surface area (Å²) in [5, 5.41) is 12.3. The molecule has 5 nitrogen and oxygen atoms in total. The van der Waals surface area contributed by atoms with Crippen LogP contribution in [0.3, 0.4) is 0 Å². The second-order valence-corrected chi connectivity index (χ2v) is 7.01. The SMILES string of the molecule is N#Cc1ccccc1S(=O)(=O)N1CC2CNCC2C1. The number of nitrogens with one attached hydrogen (secondary N) is 1. The van der Waals surface area contributed by atoms with Gasteiger partial charge in [0.1, 0.15) is 6.07 Å². The van der Waals surface area contributed by atoms with Gasteiger partial charge in [0.05, 0.1) is 10.5 Å². The zero-order chi connectivity index (χ0) is 13.5. The molecule has 2 heterocycles. The molecule has 2 saturated heterocycles. The Hall–Kier alpha value is -1.42. The fourth-order valence-corrected chi connectivity index (χ4v) is 4.63. The molecule has 2 atom stereocenters. The Balaban J connectivity index is 1.94. The summed E-state index contributed by atoms with van der Waals surface area (Å²) in [6, 6.07) is 8.36. The van der Waals surface area contributed by atoms with E-state index in [1.807, 2.05) is 6.07 Å². The topological polar surface area (TPSA) is 73.2 Å². The highest BCUT2D eigenvalue weighted by molar-refractivity contribution is 7.89. The summed E-state index contributed by atoms with van der Waals surface area (Å²) < 4.78 is 26.7. The van der Waals surface area contributed by atoms with Crippen molar-refractivity contribution in [2.75, 3.05) is 26.2 Å². The van der Waals surface area contributed by atoms with Crippen LogP contribution in [0, 0.1) is 23.2 Å². The molecule has 0 aliphatic carbocycles. The van der Waals surface area contributed by atoms with Gasteiger partial charge in [-0.2, -0.15) is 9.57 Å². The molecule has 100 valence electrons. The minimum Gasteiger partial charge on any atom is -0.316 e. The number of hydrogen-bond donors (Lipinski definition) is 1. The predicted octanol–water partition coefficient (Wildman–Crippen LogP) is 0.398. The highest BCUT2D eigenvalue weighted by Gasteiger charge is 2.41. The zero-order valence-electron chi connectivity index (χ0n) is 10.4. The van der Waals surface area contributed by atoms with Gasteiger partial charge in [-0.1, -0.05) is 12.1 Å². The van der Waals surface area contributed by atoms with E-state index < -0.39 is 10.0 Å². The quantitative estimate of drug-likeness (QED) is 0.849. The lowest BCUT2D eigenvalue weighted by Crippen LogP contribution is -2.32. The molecule has 1 aromatic rings. The Morgan fingerprint density at radius 3 is 2.47 bits per heavy atom. The van der Waals surface area contributed by atoms with Crippen LogP contribution in [0.15, 0.2) is 29.2 Å². The first-order valence-electron chi connectivity index (χ1n) is 6.33. The molecule has 0 amide bonds. The van der Waals surface area contributed by atoms with Crippen LogP contribution < -0.4 is 5.32 Å². The molecule has 19 heavy (non-hydrogen) atoms. The van der Waals surface area contributed by atoms with Gasteiger partial charge in [-0.25, -0.2) is 8.42 Å². The van der Waals surface area contributed by atoms with Gasteiger partial charge < -0.3 is 5.32 Å². The molecule has 2 unspecified atom stereocenters. The summed E-state index contributed by atoms with van der Waals surface area (Å²) in [5.74, 6) is 0.813. The molecule has 3 rings (SSSR count). The molecule has 0 spiro atoms. The Labute approximate surface area is 112 Å². The van der Waals surface area contributed by atoms with Crippen molar-refractivity contribution in [3.8, 4) is 6.07 Å². The maximum absolute atomic E-state index is 12.6. The molecular weight excluding hydrogens is 262 g/mol. The summed E-state index contributed by atoms with van der Waals surface area (Å²) in [6.07, 6.45) is 0. The van der Waals surface area contributed by atoms with Crippen molar-refractivity contribution in [3.05, 3.63) is 29.8 Å². The number of benzene rings is 1. The van der Waals surface area contributed by atoms with Gasteiger partial charge in [-0.05, 0) is 37.1 Å². The summed E-state index contributed by atoms with van der Waals surface area (Å²) in [6.45, 7) is 2.88. The Morgan fingerprint density at radius 2 is 1.84 bits per heavy atom. The van der Waals surface area contributed by atoms with E-state index in [9.17, 15) is 8.42 Å². The van der Waals surface area contributed by atoms with Crippen molar-refractivity contribution in [2.24, 2.45) is 11.8 Å². The Bertz CT molecular complexity index is 624. The summed E-state index contributed by atoms with van der Waals surface area (Å²) in [7, 11) is -3.54. The first-order chi connectivity index (χ1) is 9.13. The van der Waals surface area contributed by atoms with Crippen LogP contribution in [0.5, 0.6) is 0 Å². The molecular formula is C13H15N3O2S. The van der Waals surface area contributed by atoms with Crippen LogP contribution in [0.4, 0.5) is 0 Å². The number of hydrogen-bond acceptors (Lipinski definition) is 4. The van der Waals surface area contributed by atoms with Crippen LogP contribution in [0.1, 0.15) is 5.56 Å². The third kappa shape index (κ3) is 2.04. The Morgan fingerprint density at radius 1 is 1.21 bits per heavy atom. The van der Waals surface area contributed by atoms with Crippen molar-refractivity contribution in [1.29, 1.82) is 5.26 Å². The lowest BCUT2D eigenvalue weighted by atomic mass is 10.0. The fraction of sp³-hybridized carbons (Fsp3) is 0.462. The van der Waals surface area contributed by atoms with Gasteiger partial charge in [0, 0.05) is 13.1 Å². The highest BCUT2D eigenvalue weighted by Crippen LogP contribution is 2.31. The first-order valence-corrected chi connectivity index (χ1v) is 7.77. The minimum atomic E-state index is -3.54. The lowest BCUT2D eigenvalue weighted by molar-refractivity contribution is 0.448. The smallest absolute Gasteiger partial charge is 0.244 e. The molecule has 6 heteroatoms. The number of rotatable bonds is 2. The number of nitriles is 1. The van der Waals surface area contributed by atoms with E-state index in [2.05, 4.69) is 5.32 Å². The van der Waals surface area contributed by atoms with E-state index in [-0.39, 0.29) is 10.5 Å². The third-order valence-electron chi connectivity index (χ3n) is 3.98. The van der Waals surface area contributed by atoms with Gasteiger partial charge in [0.2, 0.25) is 10.0 Å². The van der Waals surface area contributed by atoms with E-state index in [1.54, 1.807) is 18.2 Å². The molecule has 0 radical (unpaired) electrons. The van der Waals surface area contributed by atoms with Crippen LogP contribution in [0.25, 0.3) is 0 Å². The minimum absolute atomic E-state index is 0.130.